The van der Waals surface area contributed by atoms with Crippen molar-refractivity contribution in [2.75, 3.05) is 7.11 Å². The molecule has 7 heteroatoms. The van der Waals surface area contributed by atoms with Gasteiger partial charge in [-0.1, -0.05) is 18.2 Å². The number of carbonyl (C=O) groups is 2. The zero-order valence-electron chi connectivity index (χ0n) is 11.6. The van der Waals surface area contributed by atoms with Crippen LogP contribution in [0.4, 0.5) is 9.59 Å². The lowest BCUT2D eigenvalue weighted by Gasteiger charge is -2.05. The highest BCUT2D eigenvalue weighted by Gasteiger charge is 2.13. The topological polar surface area (TPSA) is 80.3 Å². The Balaban J connectivity index is 1.76. The molecule has 2 aromatic rings. The minimum atomic E-state index is -1.21. The van der Waals surface area contributed by atoms with Crippen molar-refractivity contribution in [3.63, 3.8) is 0 Å². The lowest BCUT2D eigenvalue weighted by atomic mass is 10.3. The quantitative estimate of drug-likeness (QED) is 0.372. The van der Waals surface area contributed by atoms with Crippen molar-refractivity contribution in [3.05, 3.63) is 54.6 Å². The van der Waals surface area contributed by atoms with Gasteiger partial charge in [-0.05, 0) is 36.4 Å². The number of methoxy groups -OCH3 is 1. The van der Waals surface area contributed by atoms with Crippen LogP contribution in [0.3, 0.4) is 0 Å². The van der Waals surface area contributed by atoms with Gasteiger partial charge in [0.1, 0.15) is 17.2 Å². The number of para-hydroxylation sites is 1. The SMILES string of the molecule is COc1ccc(OC(=O)OOC(=O)Oc2ccccc2)cc1. The van der Waals surface area contributed by atoms with E-state index in [0.717, 1.165) is 0 Å². The smallest absolute Gasteiger partial charge is 0.497 e. The van der Waals surface area contributed by atoms with Gasteiger partial charge in [-0.2, -0.15) is 19.4 Å². The maximum atomic E-state index is 11.3. The predicted molar refractivity (Wildman–Crippen MR) is 73.7 cm³/mol. The van der Waals surface area contributed by atoms with E-state index in [9.17, 15) is 9.59 Å². The summed E-state index contributed by atoms with van der Waals surface area (Å²) in [6.45, 7) is 0. The van der Waals surface area contributed by atoms with E-state index in [1.807, 2.05) is 0 Å². The van der Waals surface area contributed by atoms with Crippen LogP contribution in [-0.2, 0) is 9.78 Å². The molecule has 0 heterocycles. The van der Waals surface area contributed by atoms with Crippen LogP contribution >= 0.6 is 0 Å². The molecule has 114 valence electrons. The van der Waals surface area contributed by atoms with E-state index in [1.165, 1.54) is 31.4 Å². The molecule has 2 rings (SSSR count). The maximum Gasteiger partial charge on any atom is 0.555 e. The summed E-state index contributed by atoms with van der Waals surface area (Å²) in [7, 11) is 1.51. The number of ether oxygens (including phenoxy) is 3. The van der Waals surface area contributed by atoms with Crippen LogP contribution in [0.15, 0.2) is 54.6 Å². The molecule has 0 bridgehead atoms. The number of carbonyl (C=O) groups excluding carboxylic acids is 2. The molecular weight excluding hydrogens is 292 g/mol. The minimum Gasteiger partial charge on any atom is -0.497 e. The number of hydrogen-bond acceptors (Lipinski definition) is 7. The monoisotopic (exact) mass is 304 g/mol. The van der Waals surface area contributed by atoms with Crippen LogP contribution in [0.1, 0.15) is 0 Å². The third kappa shape index (κ3) is 4.71. The largest absolute Gasteiger partial charge is 0.555 e. The second-order valence-electron chi connectivity index (χ2n) is 3.86. The molecule has 0 aromatic heterocycles. The van der Waals surface area contributed by atoms with Gasteiger partial charge >= 0.3 is 12.3 Å². The van der Waals surface area contributed by atoms with Crippen LogP contribution < -0.4 is 14.2 Å². The van der Waals surface area contributed by atoms with Gasteiger partial charge in [0.25, 0.3) is 0 Å². The van der Waals surface area contributed by atoms with Gasteiger partial charge in [0, 0.05) is 0 Å². The van der Waals surface area contributed by atoms with Crippen molar-refractivity contribution >= 4 is 12.3 Å². The van der Waals surface area contributed by atoms with Crippen molar-refractivity contribution in [2.45, 2.75) is 0 Å². The van der Waals surface area contributed by atoms with Crippen molar-refractivity contribution in [1.29, 1.82) is 0 Å². The van der Waals surface area contributed by atoms with E-state index < -0.39 is 12.3 Å². The Morgan fingerprint density at radius 3 is 1.64 bits per heavy atom. The molecule has 0 fully saturated rings. The van der Waals surface area contributed by atoms with Gasteiger partial charge in [0.15, 0.2) is 0 Å². The molecule has 0 spiro atoms. The minimum absolute atomic E-state index is 0.200. The molecule has 2 aromatic carbocycles. The maximum absolute atomic E-state index is 11.3. The fraction of sp³-hybridized carbons (Fsp3) is 0.0667. The van der Waals surface area contributed by atoms with E-state index in [1.54, 1.807) is 30.3 Å². The Bertz CT molecular complexity index is 622. The molecule has 0 radical (unpaired) electrons. The fourth-order valence-corrected chi connectivity index (χ4v) is 1.43. The number of benzene rings is 2. The standard InChI is InChI=1S/C15H12O7/c1-18-11-7-9-13(10-8-11)20-15(17)22-21-14(16)19-12-5-3-2-4-6-12/h2-10H,1H3. The van der Waals surface area contributed by atoms with E-state index in [0.29, 0.717) is 5.75 Å². The second-order valence-corrected chi connectivity index (χ2v) is 3.86. The van der Waals surface area contributed by atoms with Crippen molar-refractivity contribution < 1.29 is 33.6 Å². The number of rotatable bonds is 3. The Morgan fingerprint density at radius 1 is 0.682 bits per heavy atom. The summed E-state index contributed by atoms with van der Waals surface area (Å²) in [4.78, 5) is 30.9. The number of hydrogen-bond donors (Lipinski definition) is 0. The molecule has 0 unspecified atom stereocenters. The lowest BCUT2D eigenvalue weighted by molar-refractivity contribution is -0.203. The molecule has 22 heavy (non-hydrogen) atoms. The molecule has 0 saturated carbocycles. The normalized spacial score (nSPS) is 9.50. The Kier molecular flexibility index (Phi) is 5.20. The molecule has 0 aliphatic carbocycles. The summed E-state index contributed by atoms with van der Waals surface area (Å²) in [6, 6.07) is 14.3. The van der Waals surface area contributed by atoms with Gasteiger partial charge in [-0.3, -0.25) is 0 Å². The summed E-state index contributed by atoms with van der Waals surface area (Å²) >= 11 is 0. The van der Waals surface area contributed by atoms with Crippen molar-refractivity contribution in [1.82, 2.24) is 0 Å². The van der Waals surface area contributed by atoms with E-state index in [-0.39, 0.29) is 11.5 Å². The first-order chi connectivity index (χ1) is 10.7. The molecule has 0 N–H and O–H groups in total. The molecule has 0 aliphatic rings. The van der Waals surface area contributed by atoms with Gasteiger partial charge in [-0.25, -0.2) is 0 Å². The molecule has 0 atom stereocenters. The Labute approximate surface area is 125 Å². The van der Waals surface area contributed by atoms with Gasteiger partial charge in [0.2, 0.25) is 0 Å². The highest BCUT2D eigenvalue weighted by Crippen LogP contribution is 2.17. The van der Waals surface area contributed by atoms with Gasteiger partial charge in [-0.15, -0.1) is 0 Å². The first-order valence-corrected chi connectivity index (χ1v) is 6.14. The van der Waals surface area contributed by atoms with Crippen LogP contribution in [0, 0.1) is 0 Å². The summed E-state index contributed by atoms with van der Waals surface area (Å²) in [5.41, 5.74) is 0. The van der Waals surface area contributed by atoms with Gasteiger partial charge in [0.05, 0.1) is 7.11 Å². The molecule has 0 saturated heterocycles. The third-order valence-electron chi connectivity index (χ3n) is 2.38. The van der Waals surface area contributed by atoms with Crippen LogP contribution in [-0.4, -0.2) is 19.4 Å². The highest BCUT2D eigenvalue weighted by atomic mass is 17.3. The Hall–Kier alpha value is -3.22. The molecular formula is C15H12O7. The fourth-order valence-electron chi connectivity index (χ4n) is 1.43. The average Bonchev–Trinajstić information content (AvgIpc) is 2.55. The average molecular weight is 304 g/mol. The summed E-state index contributed by atoms with van der Waals surface area (Å²) in [5, 5.41) is 0. The first-order valence-electron chi connectivity index (χ1n) is 6.14. The lowest BCUT2D eigenvalue weighted by Crippen LogP contribution is -2.17. The van der Waals surface area contributed by atoms with Crippen LogP contribution in [0.2, 0.25) is 0 Å². The van der Waals surface area contributed by atoms with Crippen molar-refractivity contribution in [2.24, 2.45) is 0 Å². The summed E-state index contributed by atoms with van der Waals surface area (Å²) < 4.78 is 14.5. The second kappa shape index (κ2) is 7.53. The predicted octanol–water partition coefficient (Wildman–Crippen LogP) is 3.34. The highest BCUT2D eigenvalue weighted by molar-refractivity contribution is 5.67. The zero-order chi connectivity index (χ0) is 15.8. The molecule has 0 aliphatic heterocycles. The molecule has 7 nitrogen and oxygen atoms in total. The van der Waals surface area contributed by atoms with E-state index in [2.05, 4.69) is 9.78 Å². The third-order valence-corrected chi connectivity index (χ3v) is 2.38. The summed E-state index contributed by atoms with van der Waals surface area (Å²) in [5.74, 6) is 1.05. The van der Waals surface area contributed by atoms with Crippen LogP contribution in [0.25, 0.3) is 0 Å². The van der Waals surface area contributed by atoms with E-state index in [4.69, 9.17) is 14.2 Å². The molecule has 0 amide bonds. The first kappa shape index (κ1) is 15.2. The Morgan fingerprint density at radius 2 is 1.14 bits per heavy atom. The zero-order valence-corrected chi connectivity index (χ0v) is 11.6. The van der Waals surface area contributed by atoms with Crippen LogP contribution in [0.5, 0.6) is 17.2 Å². The summed E-state index contributed by atoms with van der Waals surface area (Å²) in [6.07, 6.45) is -2.41. The van der Waals surface area contributed by atoms with E-state index >= 15 is 0 Å². The van der Waals surface area contributed by atoms with Gasteiger partial charge < -0.3 is 14.2 Å². The van der Waals surface area contributed by atoms with Crippen molar-refractivity contribution in [3.8, 4) is 17.2 Å².